The van der Waals surface area contributed by atoms with Gasteiger partial charge >= 0.3 is 12.4 Å². The molecule has 1 amide bonds. The van der Waals surface area contributed by atoms with Gasteiger partial charge in [-0.2, -0.15) is 26.3 Å². The van der Waals surface area contributed by atoms with Crippen LogP contribution >= 0.6 is 11.6 Å². The average molecular weight is 690 g/mol. The van der Waals surface area contributed by atoms with E-state index in [1.807, 2.05) is 11.9 Å². The van der Waals surface area contributed by atoms with E-state index in [1.54, 1.807) is 0 Å². The van der Waals surface area contributed by atoms with Crippen LogP contribution in [0.2, 0.25) is 5.02 Å². The van der Waals surface area contributed by atoms with Crippen molar-refractivity contribution in [3.63, 3.8) is 0 Å². The van der Waals surface area contributed by atoms with Crippen molar-refractivity contribution in [3.05, 3.63) is 75.7 Å². The predicted octanol–water partition coefficient (Wildman–Crippen LogP) is 5.52. The number of aromatic nitrogens is 2. The third-order valence-corrected chi connectivity index (χ3v) is 8.05. The van der Waals surface area contributed by atoms with Crippen LogP contribution in [0.15, 0.2) is 42.6 Å². The molecule has 0 unspecified atom stereocenters. The fourth-order valence-corrected chi connectivity index (χ4v) is 5.27. The first-order chi connectivity index (χ1) is 22.0. The molecular weight excluding hydrogens is 655 g/mol. The van der Waals surface area contributed by atoms with Crippen molar-refractivity contribution in [1.82, 2.24) is 30.0 Å². The molecule has 8 nitrogen and oxygen atoms in total. The highest BCUT2D eigenvalue weighted by Crippen LogP contribution is 2.37. The molecule has 1 aromatic heterocycles. The molecule has 256 valence electrons. The fourth-order valence-electron chi connectivity index (χ4n) is 5.01. The molecule has 0 aliphatic carbocycles. The number of benzene rings is 2. The summed E-state index contributed by atoms with van der Waals surface area (Å²) in [6.45, 7) is 6.82. The Morgan fingerprint density at radius 1 is 0.894 bits per heavy atom. The monoisotopic (exact) mass is 689 g/mol. The van der Waals surface area contributed by atoms with Gasteiger partial charge in [0.25, 0.3) is 5.91 Å². The summed E-state index contributed by atoms with van der Waals surface area (Å²) < 4.78 is 93.6. The van der Waals surface area contributed by atoms with Crippen molar-refractivity contribution in [2.45, 2.75) is 18.9 Å². The van der Waals surface area contributed by atoms with Gasteiger partial charge in [-0.25, -0.2) is 14.4 Å². The number of likely N-dealkylation sites (N-methyl/N-ethyl adjacent to an activating group) is 2. The highest BCUT2D eigenvalue weighted by molar-refractivity contribution is 6.33. The zero-order valence-electron chi connectivity index (χ0n) is 26.0. The topological polar surface area (TPSA) is 67.8 Å². The Labute approximate surface area is 273 Å². The molecule has 0 spiro atoms. The first-order valence-corrected chi connectivity index (χ1v) is 15.1. The van der Waals surface area contributed by atoms with Gasteiger partial charge in [0.15, 0.2) is 0 Å². The molecule has 3 aromatic rings. The molecule has 2 aromatic carbocycles. The Morgan fingerprint density at radius 2 is 1.47 bits per heavy atom. The summed E-state index contributed by atoms with van der Waals surface area (Å²) in [4.78, 5) is 29.6. The zero-order chi connectivity index (χ0) is 34.5. The smallest absolute Gasteiger partial charge is 0.338 e. The van der Waals surface area contributed by atoms with E-state index in [0.717, 1.165) is 43.2 Å². The number of hydrogen-bond acceptors (Lipinski definition) is 7. The SMILES string of the molecule is CN1CCN(c2ncc(C(=O)N(C)Cc3cc(C(F)(F)F)cc(C(F)(F)F)c3)c(-c3ccc(F)cc3Cl)n2)CC1.CN1CCNCC1. The van der Waals surface area contributed by atoms with Crippen molar-refractivity contribution in [1.29, 1.82) is 0 Å². The molecule has 16 heteroatoms. The van der Waals surface area contributed by atoms with Crippen molar-refractivity contribution in [2.75, 3.05) is 78.4 Å². The Hall–Kier alpha value is -3.53. The number of halogens is 8. The highest BCUT2D eigenvalue weighted by atomic mass is 35.5. The summed E-state index contributed by atoms with van der Waals surface area (Å²) in [5, 5.41) is 3.22. The minimum Gasteiger partial charge on any atom is -0.338 e. The van der Waals surface area contributed by atoms with E-state index in [1.165, 1.54) is 32.4 Å². The highest BCUT2D eigenvalue weighted by Gasteiger charge is 2.37. The van der Waals surface area contributed by atoms with Gasteiger partial charge < -0.3 is 24.9 Å². The van der Waals surface area contributed by atoms with E-state index in [-0.39, 0.29) is 39.4 Å². The van der Waals surface area contributed by atoms with Gasteiger partial charge in [0.05, 0.1) is 27.4 Å². The maximum atomic E-state index is 13.8. The minimum absolute atomic E-state index is 0.0187. The molecule has 1 N–H and O–H groups in total. The fraction of sp³-hybridized carbons (Fsp3) is 0.452. The number of rotatable bonds is 5. The molecule has 2 aliphatic heterocycles. The van der Waals surface area contributed by atoms with Gasteiger partial charge in [-0.05, 0) is 56.1 Å². The molecule has 0 saturated carbocycles. The van der Waals surface area contributed by atoms with Gasteiger partial charge in [0, 0.05) is 77.7 Å². The largest absolute Gasteiger partial charge is 0.416 e. The maximum Gasteiger partial charge on any atom is 0.416 e. The molecule has 0 radical (unpaired) electrons. The number of carbonyl (C=O) groups is 1. The van der Waals surface area contributed by atoms with Gasteiger partial charge in [0.1, 0.15) is 5.82 Å². The van der Waals surface area contributed by atoms with Crippen LogP contribution in [0.4, 0.5) is 36.7 Å². The lowest BCUT2D eigenvalue weighted by molar-refractivity contribution is -0.143. The minimum atomic E-state index is -5.03. The second-order valence-electron chi connectivity index (χ2n) is 11.5. The van der Waals surface area contributed by atoms with Gasteiger partial charge in [0.2, 0.25) is 5.95 Å². The van der Waals surface area contributed by atoms with Crippen LogP contribution in [0.1, 0.15) is 27.0 Å². The Bertz CT molecular complexity index is 1510. The van der Waals surface area contributed by atoms with Gasteiger partial charge in [-0.1, -0.05) is 11.6 Å². The van der Waals surface area contributed by atoms with Gasteiger partial charge in [-0.3, -0.25) is 4.79 Å². The molecule has 3 heterocycles. The lowest BCUT2D eigenvalue weighted by Crippen LogP contribution is -2.45. The third kappa shape index (κ3) is 9.75. The quantitative estimate of drug-likeness (QED) is 0.354. The van der Waals surface area contributed by atoms with Crippen LogP contribution in [0.5, 0.6) is 0 Å². The number of piperazine rings is 2. The predicted molar refractivity (Wildman–Crippen MR) is 165 cm³/mol. The number of anilines is 1. The van der Waals surface area contributed by atoms with Crippen LogP contribution in [0.25, 0.3) is 11.3 Å². The van der Waals surface area contributed by atoms with Crippen LogP contribution in [-0.4, -0.2) is 104 Å². The van der Waals surface area contributed by atoms with Crippen molar-refractivity contribution in [3.8, 4) is 11.3 Å². The lowest BCUT2D eigenvalue weighted by atomic mass is 10.0. The summed E-state index contributed by atoms with van der Waals surface area (Å²) in [5.74, 6) is -1.13. The van der Waals surface area contributed by atoms with Crippen molar-refractivity contribution >= 4 is 23.5 Å². The Balaban J connectivity index is 0.000000632. The molecule has 47 heavy (non-hydrogen) atoms. The van der Waals surface area contributed by atoms with Crippen LogP contribution in [-0.2, 0) is 18.9 Å². The second kappa shape index (κ2) is 15.1. The number of nitrogens with one attached hydrogen (secondary N) is 1. The van der Waals surface area contributed by atoms with Crippen molar-refractivity contribution in [2.24, 2.45) is 0 Å². The van der Waals surface area contributed by atoms with Crippen LogP contribution in [0.3, 0.4) is 0 Å². The number of amides is 1. The van der Waals surface area contributed by atoms with E-state index in [9.17, 15) is 35.5 Å². The Morgan fingerprint density at radius 3 is 1.98 bits per heavy atom. The summed E-state index contributed by atoms with van der Waals surface area (Å²) in [7, 11) is 5.34. The molecule has 0 atom stereocenters. The van der Waals surface area contributed by atoms with E-state index < -0.39 is 41.7 Å². The molecule has 0 bridgehead atoms. The average Bonchev–Trinajstić information content (AvgIpc) is 3.00. The number of hydrogen-bond donors (Lipinski definition) is 1. The number of nitrogens with zero attached hydrogens (tertiary/aromatic N) is 6. The lowest BCUT2D eigenvalue weighted by Gasteiger charge is -2.32. The standard InChI is InChI=1S/C26H23ClF7N5O.C5H12N2/c1-37-5-7-39(8-6-37)24-35-13-20(22(36-24)19-4-3-18(28)12-21(19)27)23(40)38(2)14-15-9-16(25(29,30)31)11-17(10-15)26(32,33)34;1-7-4-2-6-3-5-7/h3-4,9-13H,5-8,14H2,1-2H3;6H,2-5H2,1H3. The molecule has 2 fully saturated rings. The first-order valence-electron chi connectivity index (χ1n) is 14.7. The number of alkyl halides is 6. The zero-order valence-corrected chi connectivity index (χ0v) is 26.8. The van der Waals surface area contributed by atoms with Crippen LogP contribution < -0.4 is 10.2 Å². The number of carbonyl (C=O) groups excluding carboxylic acids is 1. The van der Waals surface area contributed by atoms with E-state index >= 15 is 0 Å². The molecule has 2 aliphatic rings. The summed E-state index contributed by atoms with van der Waals surface area (Å²) in [5.41, 5.74) is -3.22. The van der Waals surface area contributed by atoms with Crippen LogP contribution in [0, 0.1) is 5.82 Å². The summed E-state index contributed by atoms with van der Waals surface area (Å²) >= 11 is 6.27. The normalized spacial score (nSPS) is 16.4. The summed E-state index contributed by atoms with van der Waals surface area (Å²) in [6, 6.07) is 4.62. The summed E-state index contributed by atoms with van der Waals surface area (Å²) in [6.07, 6.45) is -8.84. The molecule has 5 rings (SSSR count). The first kappa shape index (κ1) is 36.3. The van der Waals surface area contributed by atoms with E-state index in [4.69, 9.17) is 11.6 Å². The third-order valence-electron chi connectivity index (χ3n) is 7.73. The maximum absolute atomic E-state index is 13.8. The van der Waals surface area contributed by atoms with Gasteiger partial charge in [-0.15, -0.1) is 0 Å². The molecular formula is C31H35ClF7N7O. The Kier molecular flexibility index (Phi) is 11.7. The molecule has 2 saturated heterocycles. The van der Waals surface area contributed by atoms with E-state index in [0.29, 0.717) is 25.2 Å². The van der Waals surface area contributed by atoms with Crippen molar-refractivity contribution < 1.29 is 35.5 Å². The second-order valence-corrected chi connectivity index (χ2v) is 11.9. The van der Waals surface area contributed by atoms with E-state index in [2.05, 4.69) is 32.1 Å².